The summed E-state index contributed by atoms with van der Waals surface area (Å²) >= 11 is 0. The maximum atomic E-state index is 11.5. The molecule has 0 aliphatic rings. The van der Waals surface area contributed by atoms with Gasteiger partial charge in [-0.3, -0.25) is 0 Å². The molecule has 0 aromatic carbocycles. The van der Waals surface area contributed by atoms with Gasteiger partial charge < -0.3 is 0 Å². The van der Waals surface area contributed by atoms with Gasteiger partial charge in [0.25, 0.3) is 0 Å². The summed E-state index contributed by atoms with van der Waals surface area (Å²) in [6.07, 6.45) is 0. The number of nitrogens with zero attached hydrogens (tertiary/aromatic N) is 1. The van der Waals surface area contributed by atoms with E-state index in [-0.39, 0.29) is 4.75 Å². The predicted molar refractivity (Wildman–Crippen MR) is 55.8 cm³/mol. The maximum absolute atomic E-state index is 11.5. The van der Waals surface area contributed by atoms with Gasteiger partial charge in [0, 0.05) is 5.71 Å². The van der Waals surface area contributed by atoms with E-state index in [0.29, 0.717) is 5.92 Å². The standard InChI is InChI=1S/C9H19NOS/c1-7(2)8(3)10-12(11)9(4,5)6/h7H,1-6H3/b10-8-/t12-/m1/s1. The smallest absolute Gasteiger partial charge is 0.144 e. The van der Waals surface area contributed by atoms with Gasteiger partial charge in [-0.1, -0.05) is 13.8 Å². The molecule has 0 saturated carbocycles. The summed E-state index contributed by atoms with van der Waals surface area (Å²) in [6, 6.07) is 0. The molecule has 0 amide bonds. The lowest BCUT2D eigenvalue weighted by Crippen LogP contribution is -2.21. The van der Waals surface area contributed by atoms with Crippen molar-refractivity contribution < 1.29 is 4.21 Å². The van der Waals surface area contributed by atoms with E-state index in [1.807, 2.05) is 27.7 Å². The van der Waals surface area contributed by atoms with Gasteiger partial charge in [0.1, 0.15) is 11.0 Å². The molecule has 72 valence electrons. The van der Waals surface area contributed by atoms with Gasteiger partial charge in [0.15, 0.2) is 0 Å². The van der Waals surface area contributed by atoms with E-state index in [0.717, 1.165) is 5.71 Å². The first kappa shape index (κ1) is 11.8. The SMILES string of the molecule is C/C(=N/[S@](=O)C(C)(C)C)C(C)C. The third kappa shape index (κ3) is 4.00. The highest BCUT2D eigenvalue weighted by Crippen LogP contribution is 2.13. The van der Waals surface area contributed by atoms with Crippen molar-refractivity contribution in [2.24, 2.45) is 10.3 Å². The fraction of sp³-hybridized carbons (Fsp3) is 0.889. The van der Waals surface area contributed by atoms with Crippen molar-refractivity contribution in [1.29, 1.82) is 0 Å². The van der Waals surface area contributed by atoms with E-state index in [1.165, 1.54) is 0 Å². The average molecular weight is 189 g/mol. The normalized spacial score (nSPS) is 16.8. The third-order valence-electron chi connectivity index (χ3n) is 1.59. The molecule has 0 saturated heterocycles. The third-order valence-corrected chi connectivity index (χ3v) is 3.09. The van der Waals surface area contributed by atoms with Crippen molar-refractivity contribution in [2.75, 3.05) is 0 Å². The van der Waals surface area contributed by atoms with Gasteiger partial charge in [-0.2, -0.15) is 4.40 Å². The van der Waals surface area contributed by atoms with E-state index in [4.69, 9.17) is 0 Å². The zero-order chi connectivity index (χ0) is 9.94. The van der Waals surface area contributed by atoms with Crippen LogP contribution in [0.1, 0.15) is 41.5 Å². The molecule has 0 aliphatic heterocycles. The molecule has 12 heavy (non-hydrogen) atoms. The molecule has 0 bridgehead atoms. The lowest BCUT2D eigenvalue weighted by Gasteiger charge is -2.14. The molecular weight excluding hydrogens is 170 g/mol. The van der Waals surface area contributed by atoms with Crippen LogP contribution in [-0.2, 0) is 11.0 Å². The summed E-state index contributed by atoms with van der Waals surface area (Å²) in [7, 11) is -1.10. The average Bonchev–Trinajstić information content (AvgIpc) is 1.85. The fourth-order valence-electron chi connectivity index (χ4n) is 0.373. The first-order valence-electron chi connectivity index (χ1n) is 4.22. The van der Waals surface area contributed by atoms with Crippen LogP contribution in [0.4, 0.5) is 0 Å². The molecule has 3 heteroatoms. The number of hydrogen-bond donors (Lipinski definition) is 0. The zero-order valence-electron chi connectivity index (χ0n) is 8.84. The van der Waals surface area contributed by atoms with Crippen molar-refractivity contribution in [3.63, 3.8) is 0 Å². The molecule has 0 aromatic rings. The second-order valence-electron chi connectivity index (χ2n) is 4.25. The summed E-state index contributed by atoms with van der Waals surface area (Å²) < 4.78 is 15.4. The van der Waals surface area contributed by atoms with Crippen LogP contribution in [0.5, 0.6) is 0 Å². The number of hydrogen-bond acceptors (Lipinski definition) is 1. The second kappa shape index (κ2) is 4.17. The Hall–Kier alpha value is -0.180. The molecule has 0 rings (SSSR count). The van der Waals surface area contributed by atoms with Gasteiger partial charge in [-0.15, -0.1) is 0 Å². The van der Waals surface area contributed by atoms with Crippen LogP contribution in [0.3, 0.4) is 0 Å². The van der Waals surface area contributed by atoms with Crippen LogP contribution in [-0.4, -0.2) is 14.7 Å². The highest BCUT2D eigenvalue weighted by molar-refractivity contribution is 7.85. The fourth-order valence-corrected chi connectivity index (χ4v) is 1.12. The van der Waals surface area contributed by atoms with Crippen molar-refractivity contribution in [1.82, 2.24) is 0 Å². The summed E-state index contributed by atoms with van der Waals surface area (Å²) in [5, 5.41) is 0. The predicted octanol–water partition coefficient (Wildman–Crippen LogP) is 2.57. The Kier molecular flexibility index (Phi) is 4.11. The Morgan fingerprint density at radius 1 is 1.33 bits per heavy atom. The van der Waals surface area contributed by atoms with E-state index >= 15 is 0 Å². The van der Waals surface area contributed by atoms with Gasteiger partial charge in [-0.25, -0.2) is 4.21 Å². The van der Waals surface area contributed by atoms with Crippen molar-refractivity contribution in [3.05, 3.63) is 0 Å². The Bertz CT molecular complexity index is 201. The summed E-state index contributed by atoms with van der Waals surface area (Å²) in [5.41, 5.74) is 0.961. The Morgan fingerprint density at radius 3 is 2.00 bits per heavy atom. The minimum atomic E-state index is -1.10. The summed E-state index contributed by atoms with van der Waals surface area (Å²) in [5.74, 6) is 0.385. The van der Waals surface area contributed by atoms with Gasteiger partial charge in [-0.05, 0) is 33.6 Å². The van der Waals surface area contributed by atoms with Crippen LogP contribution in [0, 0.1) is 5.92 Å². The zero-order valence-corrected chi connectivity index (χ0v) is 9.66. The van der Waals surface area contributed by atoms with E-state index in [2.05, 4.69) is 18.2 Å². The highest BCUT2D eigenvalue weighted by atomic mass is 32.2. The molecule has 0 N–H and O–H groups in total. The second-order valence-corrected chi connectivity index (χ2v) is 6.15. The van der Waals surface area contributed by atoms with Crippen molar-refractivity contribution in [2.45, 2.75) is 46.3 Å². The van der Waals surface area contributed by atoms with Crippen molar-refractivity contribution in [3.8, 4) is 0 Å². The lowest BCUT2D eigenvalue weighted by atomic mass is 10.1. The molecule has 0 radical (unpaired) electrons. The first-order valence-corrected chi connectivity index (χ1v) is 5.33. The van der Waals surface area contributed by atoms with Crippen LogP contribution in [0.25, 0.3) is 0 Å². The lowest BCUT2D eigenvalue weighted by molar-refractivity contribution is 0.650. The van der Waals surface area contributed by atoms with E-state index in [1.54, 1.807) is 0 Å². The Labute approximate surface area is 78.1 Å². The molecule has 1 atom stereocenters. The molecule has 0 aromatic heterocycles. The van der Waals surface area contributed by atoms with Gasteiger partial charge in [0.05, 0.1) is 4.75 Å². The molecule has 0 aliphatic carbocycles. The topological polar surface area (TPSA) is 29.4 Å². The van der Waals surface area contributed by atoms with Crippen LogP contribution >= 0.6 is 0 Å². The van der Waals surface area contributed by atoms with Crippen LogP contribution < -0.4 is 0 Å². The number of rotatable bonds is 2. The van der Waals surface area contributed by atoms with Crippen molar-refractivity contribution >= 4 is 16.7 Å². The minimum Gasteiger partial charge on any atom is -0.234 e. The maximum Gasteiger partial charge on any atom is 0.144 e. The van der Waals surface area contributed by atoms with Crippen LogP contribution in [0.15, 0.2) is 4.40 Å². The van der Waals surface area contributed by atoms with E-state index in [9.17, 15) is 4.21 Å². The van der Waals surface area contributed by atoms with E-state index < -0.39 is 11.0 Å². The van der Waals surface area contributed by atoms with Gasteiger partial charge >= 0.3 is 0 Å². The molecule has 0 unspecified atom stereocenters. The first-order chi connectivity index (χ1) is 5.25. The molecule has 2 nitrogen and oxygen atoms in total. The molecule has 0 heterocycles. The molecule has 0 spiro atoms. The summed E-state index contributed by atoms with van der Waals surface area (Å²) in [4.78, 5) is 0. The Morgan fingerprint density at radius 2 is 1.75 bits per heavy atom. The quantitative estimate of drug-likeness (QED) is 0.614. The largest absolute Gasteiger partial charge is 0.234 e. The van der Waals surface area contributed by atoms with Gasteiger partial charge in [0.2, 0.25) is 0 Å². The molecule has 0 fully saturated rings. The molecular formula is C9H19NOS. The monoisotopic (exact) mass is 189 g/mol. The van der Waals surface area contributed by atoms with Crippen LogP contribution in [0.2, 0.25) is 0 Å². The minimum absolute atomic E-state index is 0.240. The highest BCUT2D eigenvalue weighted by Gasteiger charge is 2.19. The Balaban J connectivity index is 4.46. The summed E-state index contributed by atoms with van der Waals surface area (Å²) in [6.45, 7) is 11.8.